The second kappa shape index (κ2) is 3.42. The standard InChI is InChI=1S/C12H15N3/c1-7-4-8(2)11-10(5-7)15-6-9(13)12(11)14-3/h4-6H,13H2,1-3H3,(H,14,15). The van der Waals surface area contributed by atoms with Gasteiger partial charge in [0.25, 0.3) is 0 Å². The number of nitrogens with one attached hydrogen (secondary N) is 1. The van der Waals surface area contributed by atoms with Crippen LogP contribution in [0.4, 0.5) is 11.4 Å². The Morgan fingerprint density at radius 2 is 2.00 bits per heavy atom. The minimum Gasteiger partial charge on any atom is -0.396 e. The van der Waals surface area contributed by atoms with Crippen molar-refractivity contribution < 1.29 is 0 Å². The number of nitrogen functional groups attached to an aromatic ring is 1. The first-order chi connectivity index (χ1) is 7.13. The number of aromatic nitrogens is 1. The van der Waals surface area contributed by atoms with Crippen molar-refractivity contribution in [1.82, 2.24) is 4.98 Å². The molecule has 1 aromatic carbocycles. The van der Waals surface area contributed by atoms with E-state index in [2.05, 4.69) is 36.3 Å². The first-order valence-electron chi connectivity index (χ1n) is 4.96. The third-order valence-corrected chi connectivity index (χ3v) is 2.59. The van der Waals surface area contributed by atoms with Gasteiger partial charge in [0.15, 0.2) is 0 Å². The van der Waals surface area contributed by atoms with E-state index in [1.807, 2.05) is 7.05 Å². The third-order valence-electron chi connectivity index (χ3n) is 2.59. The number of anilines is 2. The number of hydrogen-bond acceptors (Lipinski definition) is 3. The Morgan fingerprint density at radius 1 is 1.27 bits per heavy atom. The summed E-state index contributed by atoms with van der Waals surface area (Å²) in [5.74, 6) is 0. The van der Waals surface area contributed by atoms with Gasteiger partial charge in [-0.2, -0.15) is 0 Å². The van der Waals surface area contributed by atoms with Gasteiger partial charge in [0.2, 0.25) is 0 Å². The number of hydrogen-bond donors (Lipinski definition) is 2. The van der Waals surface area contributed by atoms with E-state index in [1.165, 1.54) is 11.1 Å². The predicted molar refractivity (Wildman–Crippen MR) is 65.2 cm³/mol. The van der Waals surface area contributed by atoms with Gasteiger partial charge < -0.3 is 11.1 Å². The molecule has 0 aliphatic carbocycles. The van der Waals surface area contributed by atoms with Gasteiger partial charge in [0.1, 0.15) is 0 Å². The van der Waals surface area contributed by atoms with Gasteiger partial charge in [-0.05, 0) is 31.0 Å². The molecule has 1 aromatic heterocycles. The van der Waals surface area contributed by atoms with Crippen molar-refractivity contribution in [3.05, 3.63) is 29.5 Å². The fourth-order valence-corrected chi connectivity index (χ4v) is 1.99. The van der Waals surface area contributed by atoms with E-state index in [0.29, 0.717) is 5.69 Å². The number of fused-ring (bicyclic) bond motifs is 1. The fourth-order valence-electron chi connectivity index (χ4n) is 1.99. The summed E-state index contributed by atoms with van der Waals surface area (Å²) in [6, 6.07) is 4.22. The summed E-state index contributed by atoms with van der Waals surface area (Å²) in [5, 5.41) is 4.25. The van der Waals surface area contributed by atoms with Gasteiger partial charge in [-0.1, -0.05) is 6.07 Å². The summed E-state index contributed by atoms with van der Waals surface area (Å²) >= 11 is 0. The average molecular weight is 201 g/mol. The first-order valence-corrected chi connectivity index (χ1v) is 4.96. The third kappa shape index (κ3) is 1.50. The number of pyridine rings is 1. The van der Waals surface area contributed by atoms with Crippen molar-refractivity contribution >= 4 is 22.3 Å². The first kappa shape index (κ1) is 9.77. The molecule has 0 atom stereocenters. The average Bonchev–Trinajstić information content (AvgIpc) is 2.18. The molecule has 0 saturated heterocycles. The minimum absolute atomic E-state index is 0.692. The predicted octanol–water partition coefficient (Wildman–Crippen LogP) is 2.48. The Labute approximate surface area is 89.3 Å². The van der Waals surface area contributed by atoms with Crippen LogP contribution in [0.3, 0.4) is 0 Å². The van der Waals surface area contributed by atoms with Crippen molar-refractivity contribution in [3.8, 4) is 0 Å². The normalized spacial score (nSPS) is 10.6. The van der Waals surface area contributed by atoms with E-state index >= 15 is 0 Å². The number of nitrogens with zero attached hydrogens (tertiary/aromatic N) is 1. The summed E-state index contributed by atoms with van der Waals surface area (Å²) in [6.07, 6.45) is 1.70. The molecule has 0 amide bonds. The maximum Gasteiger partial charge on any atom is 0.0743 e. The molecule has 78 valence electrons. The number of benzene rings is 1. The minimum atomic E-state index is 0.692. The molecule has 2 aromatic rings. The zero-order valence-corrected chi connectivity index (χ0v) is 9.26. The molecule has 0 unspecified atom stereocenters. The van der Waals surface area contributed by atoms with Crippen LogP contribution in [0.1, 0.15) is 11.1 Å². The Morgan fingerprint density at radius 3 is 2.67 bits per heavy atom. The summed E-state index contributed by atoms with van der Waals surface area (Å²) in [6.45, 7) is 4.15. The smallest absolute Gasteiger partial charge is 0.0743 e. The summed E-state index contributed by atoms with van der Waals surface area (Å²) in [5.41, 5.74) is 11.0. The largest absolute Gasteiger partial charge is 0.396 e. The molecule has 0 radical (unpaired) electrons. The Bertz CT molecular complexity index is 518. The molecule has 3 N–H and O–H groups in total. The second-order valence-corrected chi connectivity index (χ2v) is 3.81. The van der Waals surface area contributed by atoms with Crippen molar-refractivity contribution in [3.63, 3.8) is 0 Å². The van der Waals surface area contributed by atoms with E-state index in [0.717, 1.165) is 16.6 Å². The zero-order chi connectivity index (χ0) is 11.0. The van der Waals surface area contributed by atoms with Gasteiger partial charge in [-0.3, -0.25) is 4.98 Å². The quantitative estimate of drug-likeness (QED) is 0.745. The van der Waals surface area contributed by atoms with Crippen molar-refractivity contribution in [2.24, 2.45) is 0 Å². The van der Waals surface area contributed by atoms with E-state index < -0.39 is 0 Å². The highest BCUT2D eigenvalue weighted by Crippen LogP contribution is 2.30. The maximum atomic E-state index is 5.88. The van der Waals surface area contributed by atoms with Crippen LogP contribution in [0.2, 0.25) is 0 Å². The maximum absolute atomic E-state index is 5.88. The molecular formula is C12H15N3. The van der Waals surface area contributed by atoms with Crippen LogP contribution >= 0.6 is 0 Å². The lowest BCUT2D eigenvalue weighted by Gasteiger charge is -2.11. The molecule has 0 bridgehead atoms. The van der Waals surface area contributed by atoms with Gasteiger partial charge >= 0.3 is 0 Å². The molecule has 0 spiro atoms. The summed E-state index contributed by atoms with van der Waals surface area (Å²) in [7, 11) is 1.88. The zero-order valence-electron chi connectivity index (χ0n) is 9.26. The molecule has 0 fully saturated rings. The van der Waals surface area contributed by atoms with Crippen LogP contribution in [-0.2, 0) is 0 Å². The highest BCUT2D eigenvalue weighted by Gasteiger charge is 2.07. The van der Waals surface area contributed by atoms with Crippen LogP contribution in [0.15, 0.2) is 18.3 Å². The lowest BCUT2D eigenvalue weighted by Crippen LogP contribution is -1.99. The molecule has 3 heteroatoms. The van der Waals surface area contributed by atoms with E-state index in [1.54, 1.807) is 6.20 Å². The van der Waals surface area contributed by atoms with Crippen LogP contribution in [-0.4, -0.2) is 12.0 Å². The fraction of sp³-hybridized carbons (Fsp3) is 0.250. The summed E-state index contributed by atoms with van der Waals surface area (Å²) in [4.78, 5) is 4.35. The van der Waals surface area contributed by atoms with Crippen molar-refractivity contribution in [1.29, 1.82) is 0 Å². The Hall–Kier alpha value is -1.77. The van der Waals surface area contributed by atoms with Crippen molar-refractivity contribution in [2.75, 3.05) is 18.1 Å². The molecule has 0 aliphatic heterocycles. The van der Waals surface area contributed by atoms with Crippen LogP contribution < -0.4 is 11.1 Å². The van der Waals surface area contributed by atoms with E-state index in [-0.39, 0.29) is 0 Å². The van der Waals surface area contributed by atoms with Crippen LogP contribution in [0.5, 0.6) is 0 Å². The van der Waals surface area contributed by atoms with Gasteiger partial charge in [-0.15, -0.1) is 0 Å². The lowest BCUT2D eigenvalue weighted by molar-refractivity contribution is 1.35. The molecule has 3 nitrogen and oxygen atoms in total. The molecule has 0 aliphatic rings. The second-order valence-electron chi connectivity index (χ2n) is 3.81. The van der Waals surface area contributed by atoms with Crippen LogP contribution in [0.25, 0.3) is 10.9 Å². The molecule has 2 rings (SSSR count). The van der Waals surface area contributed by atoms with Crippen LogP contribution in [0, 0.1) is 13.8 Å². The topological polar surface area (TPSA) is 50.9 Å². The summed E-state index contributed by atoms with van der Waals surface area (Å²) < 4.78 is 0. The highest BCUT2D eigenvalue weighted by molar-refractivity contribution is 5.99. The number of aryl methyl sites for hydroxylation is 2. The molecule has 15 heavy (non-hydrogen) atoms. The van der Waals surface area contributed by atoms with Crippen molar-refractivity contribution in [2.45, 2.75) is 13.8 Å². The molecule has 1 heterocycles. The highest BCUT2D eigenvalue weighted by atomic mass is 14.9. The number of nitrogens with two attached hydrogens (primary N) is 1. The monoisotopic (exact) mass is 201 g/mol. The number of rotatable bonds is 1. The molecule has 0 saturated carbocycles. The Balaban J connectivity index is 2.91. The SMILES string of the molecule is CNc1c(N)cnc2cc(C)cc(C)c12. The van der Waals surface area contributed by atoms with Gasteiger partial charge in [0.05, 0.1) is 23.1 Å². The van der Waals surface area contributed by atoms with Gasteiger partial charge in [-0.25, -0.2) is 0 Å². The molecular weight excluding hydrogens is 186 g/mol. The lowest BCUT2D eigenvalue weighted by atomic mass is 10.0. The van der Waals surface area contributed by atoms with Gasteiger partial charge in [0, 0.05) is 12.4 Å². The Kier molecular flexibility index (Phi) is 2.23. The van der Waals surface area contributed by atoms with E-state index in [9.17, 15) is 0 Å². The van der Waals surface area contributed by atoms with E-state index in [4.69, 9.17) is 5.73 Å².